The third kappa shape index (κ3) is 3.01. The summed E-state index contributed by atoms with van der Waals surface area (Å²) in [7, 11) is 0. The lowest BCUT2D eigenvalue weighted by Gasteiger charge is -2.21. The second-order valence-electron chi connectivity index (χ2n) is 6.26. The van der Waals surface area contributed by atoms with Crippen LogP contribution in [0.1, 0.15) is 35.2 Å². The van der Waals surface area contributed by atoms with Gasteiger partial charge in [-0.05, 0) is 61.1 Å². The predicted molar refractivity (Wildman–Crippen MR) is 97.1 cm³/mol. The molecule has 124 valence electrons. The van der Waals surface area contributed by atoms with Crippen molar-refractivity contribution in [3.05, 3.63) is 71.1 Å². The molecule has 25 heavy (non-hydrogen) atoms. The van der Waals surface area contributed by atoms with E-state index >= 15 is 0 Å². The first-order valence-electron chi connectivity index (χ1n) is 8.64. The zero-order chi connectivity index (χ0) is 17.1. The fourth-order valence-electron chi connectivity index (χ4n) is 3.49. The van der Waals surface area contributed by atoms with Gasteiger partial charge in [-0.2, -0.15) is 5.26 Å². The largest absolute Gasteiger partial charge is 0.463 e. The number of hydrogen-bond acceptors (Lipinski definition) is 4. The highest BCUT2D eigenvalue weighted by molar-refractivity contribution is 5.64. The fourth-order valence-corrected chi connectivity index (χ4v) is 3.49. The van der Waals surface area contributed by atoms with Crippen LogP contribution in [0, 0.1) is 11.3 Å². The topological polar surface area (TPSA) is 61.9 Å². The van der Waals surface area contributed by atoms with Crippen LogP contribution in [0.25, 0.3) is 11.5 Å². The number of para-hydroxylation sites is 1. The van der Waals surface area contributed by atoms with Crippen LogP contribution in [0.2, 0.25) is 0 Å². The van der Waals surface area contributed by atoms with E-state index in [9.17, 15) is 5.26 Å². The number of nitrogens with one attached hydrogen (secondary N) is 1. The minimum atomic E-state index is 0.522. The van der Waals surface area contributed by atoms with Gasteiger partial charge in [-0.1, -0.05) is 18.2 Å². The zero-order valence-corrected chi connectivity index (χ0v) is 14.0. The number of furan rings is 1. The second kappa shape index (κ2) is 6.82. The molecule has 0 bridgehead atoms. The molecule has 2 aromatic heterocycles. The van der Waals surface area contributed by atoms with Crippen LogP contribution < -0.4 is 5.32 Å². The van der Waals surface area contributed by atoms with E-state index in [0.29, 0.717) is 6.54 Å². The summed E-state index contributed by atoms with van der Waals surface area (Å²) in [4.78, 5) is 4.84. The fraction of sp³-hybridized carbons (Fsp3) is 0.238. The van der Waals surface area contributed by atoms with E-state index in [0.717, 1.165) is 59.6 Å². The van der Waals surface area contributed by atoms with Crippen molar-refractivity contribution in [3.8, 4) is 17.5 Å². The smallest absolute Gasteiger partial charge is 0.152 e. The van der Waals surface area contributed by atoms with Crippen molar-refractivity contribution >= 4 is 5.69 Å². The van der Waals surface area contributed by atoms with Crippen LogP contribution in [-0.2, 0) is 19.4 Å². The molecule has 0 atom stereocenters. The summed E-state index contributed by atoms with van der Waals surface area (Å²) in [5.74, 6) is 0.781. The van der Waals surface area contributed by atoms with Crippen molar-refractivity contribution in [1.82, 2.24) is 4.98 Å². The molecule has 0 radical (unpaired) electrons. The molecule has 0 spiro atoms. The maximum atomic E-state index is 9.75. The molecular weight excluding hydrogens is 310 g/mol. The van der Waals surface area contributed by atoms with Crippen LogP contribution in [0.15, 0.2) is 53.1 Å². The van der Waals surface area contributed by atoms with Crippen LogP contribution in [0.3, 0.4) is 0 Å². The van der Waals surface area contributed by atoms with Gasteiger partial charge in [-0.25, -0.2) is 4.98 Å². The van der Waals surface area contributed by atoms with Gasteiger partial charge in [0.25, 0.3) is 0 Å². The average Bonchev–Trinajstić information content (AvgIpc) is 3.21. The summed E-state index contributed by atoms with van der Waals surface area (Å²) in [6, 6.07) is 16.2. The third-order valence-corrected chi connectivity index (χ3v) is 4.69. The number of hydrogen-bond donors (Lipinski definition) is 1. The number of benzene rings is 1. The first-order chi connectivity index (χ1) is 12.4. The summed E-state index contributed by atoms with van der Waals surface area (Å²) in [6.07, 6.45) is 5.82. The van der Waals surface area contributed by atoms with Crippen molar-refractivity contribution in [2.75, 3.05) is 5.32 Å². The third-order valence-electron chi connectivity index (χ3n) is 4.69. The lowest BCUT2D eigenvalue weighted by molar-refractivity contribution is 0.576. The molecule has 2 heterocycles. The Hall–Kier alpha value is -3.06. The number of fused-ring (bicyclic) bond motifs is 1. The van der Waals surface area contributed by atoms with E-state index in [1.807, 2.05) is 42.5 Å². The molecule has 1 N–H and O–H groups in total. The van der Waals surface area contributed by atoms with Gasteiger partial charge in [0.15, 0.2) is 5.76 Å². The van der Waals surface area contributed by atoms with Crippen molar-refractivity contribution < 1.29 is 4.42 Å². The van der Waals surface area contributed by atoms with E-state index in [4.69, 9.17) is 9.40 Å². The van der Waals surface area contributed by atoms with Gasteiger partial charge in [0.2, 0.25) is 0 Å². The molecule has 0 unspecified atom stereocenters. The maximum absolute atomic E-state index is 9.75. The molecule has 0 saturated carbocycles. The molecule has 3 aromatic rings. The van der Waals surface area contributed by atoms with E-state index in [-0.39, 0.29) is 0 Å². The van der Waals surface area contributed by atoms with Gasteiger partial charge in [-0.3, -0.25) is 0 Å². The Kier molecular flexibility index (Phi) is 4.22. The summed E-state index contributed by atoms with van der Waals surface area (Å²) in [5, 5.41) is 13.1. The van der Waals surface area contributed by atoms with Crippen LogP contribution in [0.4, 0.5) is 5.69 Å². The highest BCUT2D eigenvalue weighted by atomic mass is 16.3. The summed E-state index contributed by atoms with van der Waals surface area (Å²) < 4.78 is 5.61. The van der Waals surface area contributed by atoms with Crippen molar-refractivity contribution in [3.63, 3.8) is 0 Å². The van der Waals surface area contributed by atoms with E-state index in [1.54, 1.807) is 6.26 Å². The van der Waals surface area contributed by atoms with Gasteiger partial charge in [0.1, 0.15) is 11.8 Å². The van der Waals surface area contributed by atoms with Gasteiger partial charge in [-0.15, -0.1) is 0 Å². The summed E-state index contributed by atoms with van der Waals surface area (Å²) in [6.45, 7) is 0.522. The summed E-state index contributed by atoms with van der Waals surface area (Å²) >= 11 is 0. The van der Waals surface area contributed by atoms with E-state index < -0.39 is 0 Å². The number of pyridine rings is 1. The highest BCUT2D eigenvalue weighted by Gasteiger charge is 2.23. The zero-order valence-electron chi connectivity index (χ0n) is 14.0. The van der Waals surface area contributed by atoms with Crippen molar-refractivity contribution in [2.45, 2.75) is 32.2 Å². The number of aromatic nitrogens is 1. The molecule has 1 aliphatic rings. The monoisotopic (exact) mass is 329 g/mol. The maximum Gasteiger partial charge on any atom is 0.152 e. The SMILES string of the molecule is N#Cc1c(CNc2ccccc2)nc(-c2ccco2)c2c1CCCC2. The van der Waals surface area contributed by atoms with Gasteiger partial charge < -0.3 is 9.73 Å². The quantitative estimate of drug-likeness (QED) is 0.753. The second-order valence-corrected chi connectivity index (χ2v) is 6.26. The molecular formula is C21H19N3O. The number of nitrogens with zero attached hydrogens (tertiary/aromatic N) is 2. The molecule has 4 rings (SSSR count). The number of nitriles is 1. The van der Waals surface area contributed by atoms with Gasteiger partial charge >= 0.3 is 0 Å². The Labute approximate surface area is 147 Å². The molecule has 0 saturated heterocycles. The standard InChI is InChI=1S/C21H19N3O/c22-13-18-16-9-4-5-10-17(16)21(20-11-6-12-25-20)24-19(18)14-23-15-7-2-1-3-8-15/h1-3,6-8,11-12,23H,4-5,9-10,14H2. The van der Waals surface area contributed by atoms with Crippen molar-refractivity contribution in [1.29, 1.82) is 5.26 Å². The lowest BCUT2D eigenvalue weighted by Crippen LogP contribution is -2.14. The minimum Gasteiger partial charge on any atom is -0.463 e. The Morgan fingerprint density at radius 1 is 1.04 bits per heavy atom. The Morgan fingerprint density at radius 3 is 2.56 bits per heavy atom. The summed E-state index contributed by atoms with van der Waals surface area (Å²) in [5.41, 5.74) is 5.77. The molecule has 0 aliphatic heterocycles. The van der Waals surface area contributed by atoms with E-state index in [1.165, 1.54) is 5.56 Å². The predicted octanol–water partition coefficient (Wildman–Crippen LogP) is 4.70. The Balaban J connectivity index is 1.77. The molecule has 1 aliphatic carbocycles. The molecule has 0 fully saturated rings. The Morgan fingerprint density at radius 2 is 1.84 bits per heavy atom. The van der Waals surface area contributed by atoms with Crippen LogP contribution in [0.5, 0.6) is 0 Å². The van der Waals surface area contributed by atoms with Crippen molar-refractivity contribution in [2.24, 2.45) is 0 Å². The molecule has 4 heteroatoms. The number of anilines is 1. The van der Waals surface area contributed by atoms with Crippen LogP contribution >= 0.6 is 0 Å². The van der Waals surface area contributed by atoms with Gasteiger partial charge in [0, 0.05) is 5.69 Å². The number of rotatable bonds is 4. The lowest BCUT2D eigenvalue weighted by atomic mass is 9.86. The average molecular weight is 329 g/mol. The van der Waals surface area contributed by atoms with E-state index in [2.05, 4.69) is 11.4 Å². The molecule has 4 nitrogen and oxygen atoms in total. The first kappa shape index (κ1) is 15.5. The van der Waals surface area contributed by atoms with Gasteiger partial charge in [0.05, 0.1) is 24.1 Å². The molecule has 1 aromatic carbocycles. The molecule has 0 amide bonds. The normalized spacial score (nSPS) is 13.1. The van der Waals surface area contributed by atoms with Crippen LogP contribution in [-0.4, -0.2) is 4.98 Å². The Bertz CT molecular complexity index is 909. The first-order valence-corrected chi connectivity index (χ1v) is 8.64. The minimum absolute atomic E-state index is 0.522. The highest BCUT2D eigenvalue weighted by Crippen LogP contribution is 2.34.